The normalized spacial score (nSPS) is 19.4. The summed E-state index contributed by atoms with van der Waals surface area (Å²) in [5.74, 6) is 1.64. The molecule has 1 unspecified atom stereocenters. The van der Waals surface area contributed by atoms with Gasteiger partial charge in [0.25, 0.3) is 0 Å². The molecule has 1 atom stereocenters. The second-order valence-electron chi connectivity index (χ2n) is 5.76. The molecule has 0 aliphatic carbocycles. The third-order valence-electron chi connectivity index (χ3n) is 3.66. The van der Waals surface area contributed by atoms with Crippen molar-refractivity contribution in [1.82, 2.24) is 30.6 Å². The van der Waals surface area contributed by atoms with Gasteiger partial charge >= 0.3 is 0 Å². The fraction of sp³-hybridized carbons (Fsp3) is 0.692. The Morgan fingerprint density at radius 2 is 2.30 bits per heavy atom. The largest absolute Gasteiger partial charge is 0.351 e. The Labute approximate surface area is 118 Å². The highest BCUT2D eigenvalue weighted by molar-refractivity contribution is 5.45. The molecule has 20 heavy (non-hydrogen) atoms. The van der Waals surface area contributed by atoms with Gasteiger partial charge < -0.3 is 10.2 Å². The van der Waals surface area contributed by atoms with Crippen LogP contribution in [0.15, 0.2) is 12.1 Å². The van der Waals surface area contributed by atoms with Gasteiger partial charge in [-0.05, 0) is 47.9 Å². The van der Waals surface area contributed by atoms with E-state index >= 15 is 0 Å². The molecule has 0 aromatic carbocycles. The Bertz CT molecular complexity index is 565. The summed E-state index contributed by atoms with van der Waals surface area (Å²) in [5, 5.41) is 19.4. The first-order chi connectivity index (χ1) is 9.74. The molecule has 1 aliphatic rings. The van der Waals surface area contributed by atoms with Crippen molar-refractivity contribution in [2.45, 2.75) is 32.7 Å². The average molecular weight is 275 g/mol. The molecule has 1 aliphatic heterocycles. The molecule has 7 heteroatoms. The standard InChI is InChI=1S/C13H21N7/c1-10(2)8-14-9-11-4-3-7-19(11)13-6-5-12-15-17-18-20(12)16-13/h5-6,10-11,14H,3-4,7-9H2,1-2H3. The van der Waals surface area contributed by atoms with E-state index in [4.69, 9.17) is 0 Å². The van der Waals surface area contributed by atoms with Crippen LogP contribution in [0.5, 0.6) is 0 Å². The monoisotopic (exact) mass is 275 g/mol. The molecule has 2 aromatic heterocycles. The van der Waals surface area contributed by atoms with Crippen LogP contribution in [-0.2, 0) is 0 Å². The lowest BCUT2D eigenvalue weighted by Crippen LogP contribution is -2.39. The molecule has 2 aromatic rings. The Morgan fingerprint density at radius 3 is 3.15 bits per heavy atom. The van der Waals surface area contributed by atoms with Gasteiger partial charge in [0.15, 0.2) is 11.5 Å². The van der Waals surface area contributed by atoms with Gasteiger partial charge in [-0.3, -0.25) is 0 Å². The zero-order valence-electron chi connectivity index (χ0n) is 12.0. The third-order valence-corrected chi connectivity index (χ3v) is 3.66. The minimum Gasteiger partial charge on any atom is -0.351 e. The fourth-order valence-electron chi connectivity index (χ4n) is 2.68. The van der Waals surface area contributed by atoms with Crippen molar-refractivity contribution in [3.05, 3.63) is 12.1 Å². The molecule has 108 valence electrons. The average Bonchev–Trinajstić information content (AvgIpc) is 3.05. The second kappa shape index (κ2) is 5.70. The SMILES string of the molecule is CC(C)CNCC1CCCN1c1ccc2nnnn2n1. The van der Waals surface area contributed by atoms with E-state index in [1.165, 1.54) is 17.5 Å². The van der Waals surface area contributed by atoms with Crippen LogP contribution in [0.1, 0.15) is 26.7 Å². The van der Waals surface area contributed by atoms with Crippen molar-refractivity contribution in [1.29, 1.82) is 0 Å². The van der Waals surface area contributed by atoms with Crippen molar-refractivity contribution in [3.8, 4) is 0 Å². The molecular formula is C13H21N7. The summed E-state index contributed by atoms with van der Waals surface area (Å²) in [7, 11) is 0. The highest BCUT2D eigenvalue weighted by atomic mass is 15.6. The van der Waals surface area contributed by atoms with Crippen LogP contribution in [0, 0.1) is 5.92 Å². The topological polar surface area (TPSA) is 71.2 Å². The van der Waals surface area contributed by atoms with Crippen LogP contribution in [-0.4, -0.2) is 50.9 Å². The highest BCUT2D eigenvalue weighted by Crippen LogP contribution is 2.23. The van der Waals surface area contributed by atoms with Crippen LogP contribution in [0.25, 0.3) is 5.65 Å². The molecule has 0 spiro atoms. The Kier molecular flexibility index (Phi) is 3.77. The van der Waals surface area contributed by atoms with Crippen molar-refractivity contribution in [3.63, 3.8) is 0 Å². The Morgan fingerprint density at radius 1 is 1.40 bits per heavy atom. The van der Waals surface area contributed by atoms with Crippen LogP contribution >= 0.6 is 0 Å². The number of tetrazole rings is 1. The number of nitrogens with one attached hydrogen (secondary N) is 1. The van der Waals surface area contributed by atoms with Gasteiger partial charge in [0.1, 0.15) is 0 Å². The van der Waals surface area contributed by atoms with Gasteiger partial charge in [0.2, 0.25) is 0 Å². The van der Waals surface area contributed by atoms with E-state index in [0.717, 1.165) is 25.5 Å². The fourth-order valence-corrected chi connectivity index (χ4v) is 2.68. The van der Waals surface area contributed by atoms with Crippen molar-refractivity contribution < 1.29 is 0 Å². The molecule has 0 bridgehead atoms. The number of hydrogen-bond acceptors (Lipinski definition) is 6. The van der Waals surface area contributed by atoms with Crippen LogP contribution in [0.2, 0.25) is 0 Å². The summed E-state index contributed by atoms with van der Waals surface area (Å²) in [6, 6.07) is 4.43. The molecule has 0 radical (unpaired) electrons. The van der Waals surface area contributed by atoms with E-state index in [9.17, 15) is 0 Å². The van der Waals surface area contributed by atoms with E-state index in [1.807, 2.05) is 12.1 Å². The molecule has 1 fully saturated rings. The lowest BCUT2D eigenvalue weighted by atomic mass is 10.2. The first kappa shape index (κ1) is 13.2. The third kappa shape index (κ3) is 2.72. The minimum absolute atomic E-state index is 0.509. The molecule has 7 nitrogen and oxygen atoms in total. The predicted molar refractivity (Wildman–Crippen MR) is 76.7 cm³/mol. The number of rotatable bonds is 5. The number of anilines is 1. The van der Waals surface area contributed by atoms with E-state index in [1.54, 1.807) is 0 Å². The van der Waals surface area contributed by atoms with E-state index in [-0.39, 0.29) is 0 Å². The maximum Gasteiger partial charge on any atom is 0.200 e. The first-order valence-corrected chi connectivity index (χ1v) is 7.27. The first-order valence-electron chi connectivity index (χ1n) is 7.27. The maximum absolute atomic E-state index is 4.49. The van der Waals surface area contributed by atoms with Crippen molar-refractivity contribution >= 4 is 11.5 Å². The second-order valence-corrected chi connectivity index (χ2v) is 5.76. The number of hydrogen-bond donors (Lipinski definition) is 1. The smallest absolute Gasteiger partial charge is 0.200 e. The molecule has 3 heterocycles. The van der Waals surface area contributed by atoms with Crippen LogP contribution in [0.4, 0.5) is 5.82 Å². The quantitative estimate of drug-likeness (QED) is 0.867. The number of aromatic nitrogens is 5. The summed E-state index contributed by atoms with van der Waals surface area (Å²) in [6.07, 6.45) is 2.42. The summed E-state index contributed by atoms with van der Waals surface area (Å²) in [6.45, 7) is 7.57. The van der Waals surface area contributed by atoms with Crippen molar-refractivity contribution in [2.24, 2.45) is 5.92 Å². The van der Waals surface area contributed by atoms with Gasteiger partial charge in [-0.25, -0.2) is 0 Å². The molecule has 3 rings (SSSR count). The van der Waals surface area contributed by atoms with Gasteiger partial charge in [0, 0.05) is 19.1 Å². The molecule has 1 saturated heterocycles. The van der Waals surface area contributed by atoms with Gasteiger partial charge in [-0.1, -0.05) is 13.8 Å². The van der Waals surface area contributed by atoms with Gasteiger partial charge in [-0.2, -0.15) is 0 Å². The van der Waals surface area contributed by atoms with Crippen molar-refractivity contribution in [2.75, 3.05) is 24.5 Å². The molecular weight excluding hydrogens is 254 g/mol. The maximum atomic E-state index is 4.49. The molecule has 0 saturated carbocycles. The summed E-state index contributed by atoms with van der Waals surface area (Å²) in [5.41, 5.74) is 0.683. The van der Waals surface area contributed by atoms with Gasteiger partial charge in [-0.15, -0.1) is 14.8 Å². The zero-order chi connectivity index (χ0) is 13.9. The molecule has 0 amide bonds. The van der Waals surface area contributed by atoms with E-state index in [2.05, 4.69) is 44.7 Å². The minimum atomic E-state index is 0.509. The lowest BCUT2D eigenvalue weighted by molar-refractivity contribution is 0.510. The summed E-state index contributed by atoms with van der Waals surface area (Å²) < 4.78 is 1.49. The van der Waals surface area contributed by atoms with E-state index in [0.29, 0.717) is 17.6 Å². The highest BCUT2D eigenvalue weighted by Gasteiger charge is 2.25. The van der Waals surface area contributed by atoms with E-state index < -0.39 is 0 Å². The Balaban J connectivity index is 1.70. The van der Waals surface area contributed by atoms with Crippen LogP contribution < -0.4 is 10.2 Å². The predicted octanol–water partition coefficient (Wildman–Crippen LogP) is 0.734. The van der Waals surface area contributed by atoms with Gasteiger partial charge in [0.05, 0.1) is 0 Å². The lowest BCUT2D eigenvalue weighted by Gasteiger charge is -2.26. The number of fused-ring (bicyclic) bond motifs is 1. The van der Waals surface area contributed by atoms with Crippen LogP contribution in [0.3, 0.4) is 0 Å². The summed E-state index contributed by atoms with van der Waals surface area (Å²) >= 11 is 0. The molecule has 1 N–H and O–H groups in total. The Hall–Kier alpha value is -1.76. The summed E-state index contributed by atoms with van der Waals surface area (Å²) in [4.78, 5) is 2.36. The number of nitrogens with zero attached hydrogens (tertiary/aromatic N) is 6. The zero-order valence-corrected chi connectivity index (χ0v) is 12.0.